The Labute approximate surface area is 219 Å². The quantitative estimate of drug-likeness (QED) is 0.269. The minimum Gasteiger partial charge on any atom is -0.460 e. The summed E-state index contributed by atoms with van der Waals surface area (Å²) in [6.07, 6.45) is -0.150. The van der Waals surface area contributed by atoms with Crippen LogP contribution in [0.2, 0.25) is 0 Å². The van der Waals surface area contributed by atoms with Gasteiger partial charge >= 0.3 is 12.1 Å². The number of hydrogen-bond acceptors (Lipinski definition) is 7. The lowest BCUT2D eigenvalue weighted by Gasteiger charge is -2.19. The van der Waals surface area contributed by atoms with Crippen LogP contribution in [0.15, 0.2) is 48.5 Å². The Balaban J connectivity index is 1.22. The Morgan fingerprint density at radius 3 is 1.86 bits per heavy atom. The van der Waals surface area contributed by atoms with Crippen molar-refractivity contribution in [2.75, 3.05) is 59.8 Å². The summed E-state index contributed by atoms with van der Waals surface area (Å²) in [4.78, 5) is 25.6. The zero-order valence-electron chi connectivity index (χ0n) is 22.4. The molecule has 0 saturated carbocycles. The third kappa shape index (κ3) is 9.14. The Bertz CT molecular complexity index is 972. The zero-order chi connectivity index (χ0) is 26.7. The molecule has 2 aromatic carbocycles. The highest BCUT2D eigenvalue weighted by Gasteiger charge is 2.29. The van der Waals surface area contributed by atoms with E-state index in [0.29, 0.717) is 52.8 Å². The standard InChI is InChI=1S/C29H39NO7/c1-29(2,3)37-27(31)13-15-33-17-19-35-20-18-34-16-14-30(4)28(32)36-21-26-24-11-7-5-9-22(24)23-10-6-8-12-25(23)26/h5-12,26H,13-21H2,1-4H3. The van der Waals surface area contributed by atoms with E-state index in [1.807, 2.05) is 45.0 Å². The summed E-state index contributed by atoms with van der Waals surface area (Å²) >= 11 is 0. The van der Waals surface area contributed by atoms with Crippen LogP contribution >= 0.6 is 0 Å². The van der Waals surface area contributed by atoms with Gasteiger partial charge in [-0.3, -0.25) is 4.79 Å². The van der Waals surface area contributed by atoms with Gasteiger partial charge in [0.15, 0.2) is 0 Å². The second-order valence-corrected chi connectivity index (χ2v) is 9.90. The van der Waals surface area contributed by atoms with Crippen molar-refractivity contribution in [2.45, 2.75) is 38.7 Å². The number of carbonyl (C=O) groups is 2. The Morgan fingerprint density at radius 1 is 0.784 bits per heavy atom. The number of esters is 1. The van der Waals surface area contributed by atoms with Crippen LogP contribution in [0.25, 0.3) is 11.1 Å². The molecule has 0 heterocycles. The van der Waals surface area contributed by atoms with Crippen LogP contribution in [0.5, 0.6) is 0 Å². The van der Waals surface area contributed by atoms with Crippen molar-refractivity contribution in [3.8, 4) is 11.1 Å². The van der Waals surface area contributed by atoms with E-state index >= 15 is 0 Å². The fourth-order valence-corrected chi connectivity index (χ4v) is 4.09. The number of ether oxygens (including phenoxy) is 5. The van der Waals surface area contributed by atoms with E-state index in [1.165, 1.54) is 27.2 Å². The second kappa shape index (κ2) is 14.1. The molecule has 8 heteroatoms. The van der Waals surface area contributed by atoms with Gasteiger partial charge in [-0.2, -0.15) is 0 Å². The van der Waals surface area contributed by atoms with Crippen LogP contribution in [-0.2, 0) is 28.5 Å². The van der Waals surface area contributed by atoms with Crippen molar-refractivity contribution in [1.82, 2.24) is 4.90 Å². The lowest BCUT2D eigenvalue weighted by atomic mass is 9.98. The minimum atomic E-state index is -0.482. The van der Waals surface area contributed by atoms with Crippen LogP contribution in [0.3, 0.4) is 0 Å². The van der Waals surface area contributed by atoms with Crippen LogP contribution in [-0.4, -0.2) is 82.4 Å². The fourth-order valence-electron chi connectivity index (χ4n) is 4.09. The van der Waals surface area contributed by atoms with Crippen molar-refractivity contribution in [2.24, 2.45) is 0 Å². The van der Waals surface area contributed by atoms with Gasteiger partial charge in [-0.25, -0.2) is 4.79 Å². The predicted octanol–water partition coefficient (Wildman–Crippen LogP) is 4.65. The van der Waals surface area contributed by atoms with E-state index in [0.717, 1.165) is 0 Å². The highest BCUT2D eigenvalue weighted by atomic mass is 16.6. The van der Waals surface area contributed by atoms with Gasteiger partial charge in [0.1, 0.15) is 12.2 Å². The summed E-state index contributed by atoms with van der Waals surface area (Å²) < 4.78 is 27.3. The van der Waals surface area contributed by atoms with Crippen molar-refractivity contribution in [3.05, 3.63) is 59.7 Å². The summed E-state index contributed by atoms with van der Waals surface area (Å²) in [5.74, 6) is -0.232. The van der Waals surface area contributed by atoms with E-state index in [2.05, 4.69) is 24.3 Å². The highest BCUT2D eigenvalue weighted by molar-refractivity contribution is 5.79. The molecule has 1 aliphatic carbocycles. The fraction of sp³-hybridized carbons (Fsp3) is 0.517. The van der Waals surface area contributed by atoms with Crippen LogP contribution in [0.4, 0.5) is 4.79 Å². The predicted molar refractivity (Wildman–Crippen MR) is 141 cm³/mol. The molecule has 0 aromatic heterocycles. The smallest absolute Gasteiger partial charge is 0.409 e. The number of hydrogen-bond donors (Lipinski definition) is 0. The minimum absolute atomic E-state index is 0.0411. The Kier molecular flexibility index (Phi) is 10.9. The van der Waals surface area contributed by atoms with E-state index in [1.54, 1.807) is 7.05 Å². The number of benzene rings is 2. The van der Waals surface area contributed by atoms with E-state index in [-0.39, 0.29) is 24.4 Å². The first kappa shape index (κ1) is 28.6. The van der Waals surface area contributed by atoms with Gasteiger partial charge in [-0.1, -0.05) is 48.5 Å². The normalized spacial score (nSPS) is 12.6. The van der Waals surface area contributed by atoms with Gasteiger partial charge in [0.25, 0.3) is 0 Å². The lowest BCUT2D eigenvalue weighted by molar-refractivity contribution is -0.156. The molecule has 0 saturated heterocycles. The largest absolute Gasteiger partial charge is 0.460 e. The van der Waals surface area contributed by atoms with Gasteiger partial charge < -0.3 is 28.6 Å². The lowest BCUT2D eigenvalue weighted by Crippen LogP contribution is -2.32. The Morgan fingerprint density at radius 2 is 1.30 bits per heavy atom. The molecule has 0 atom stereocenters. The molecule has 3 rings (SSSR count). The highest BCUT2D eigenvalue weighted by Crippen LogP contribution is 2.44. The molecule has 2 aromatic rings. The first-order valence-corrected chi connectivity index (χ1v) is 12.8. The van der Waals surface area contributed by atoms with Crippen LogP contribution in [0.1, 0.15) is 44.2 Å². The molecule has 1 amide bonds. The molecule has 37 heavy (non-hydrogen) atoms. The maximum absolute atomic E-state index is 12.5. The third-order valence-electron chi connectivity index (χ3n) is 5.83. The van der Waals surface area contributed by atoms with E-state index in [4.69, 9.17) is 23.7 Å². The van der Waals surface area contributed by atoms with Crippen molar-refractivity contribution < 1.29 is 33.3 Å². The van der Waals surface area contributed by atoms with Crippen molar-refractivity contribution >= 4 is 12.1 Å². The maximum Gasteiger partial charge on any atom is 0.409 e. The molecule has 0 bridgehead atoms. The van der Waals surface area contributed by atoms with Gasteiger partial charge in [0.05, 0.1) is 46.1 Å². The molecular formula is C29H39NO7. The number of rotatable bonds is 14. The molecule has 8 nitrogen and oxygen atoms in total. The topological polar surface area (TPSA) is 83.5 Å². The first-order chi connectivity index (χ1) is 17.8. The monoisotopic (exact) mass is 513 g/mol. The number of nitrogens with zero attached hydrogens (tertiary/aromatic N) is 1. The van der Waals surface area contributed by atoms with E-state index in [9.17, 15) is 9.59 Å². The van der Waals surface area contributed by atoms with Crippen molar-refractivity contribution in [1.29, 1.82) is 0 Å². The molecule has 0 spiro atoms. The average Bonchev–Trinajstić information content (AvgIpc) is 3.18. The molecular weight excluding hydrogens is 474 g/mol. The summed E-state index contributed by atoms with van der Waals surface area (Å²) in [7, 11) is 1.70. The number of fused-ring (bicyclic) bond motifs is 3. The van der Waals surface area contributed by atoms with Gasteiger partial charge in [0.2, 0.25) is 0 Å². The van der Waals surface area contributed by atoms with Gasteiger partial charge in [-0.15, -0.1) is 0 Å². The molecule has 202 valence electrons. The summed E-state index contributed by atoms with van der Waals surface area (Å²) in [5, 5.41) is 0. The molecule has 0 N–H and O–H groups in total. The number of carbonyl (C=O) groups excluding carboxylic acids is 2. The first-order valence-electron chi connectivity index (χ1n) is 12.8. The van der Waals surface area contributed by atoms with E-state index < -0.39 is 5.60 Å². The maximum atomic E-state index is 12.5. The van der Waals surface area contributed by atoms with Gasteiger partial charge in [-0.05, 0) is 43.0 Å². The van der Waals surface area contributed by atoms with Crippen molar-refractivity contribution in [3.63, 3.8) is 0 Å². The van der Waals surface area contributed by atoms with Crippen LogP contribution in [0, 0.1) is 0 Å². The summed E-state index contributed by atoms with van der Waals surface area (Å²) in [5.41, 5.74) is 4.31. The van der Waals surface area contributed by atoms with Crippen LogP contribution < -0.4 is 0 Å². The Hall–Kier alpha value is -2.94. The summed E-state index contributed by atoms with van der Waals surface area (Å²) in [6, 6.07) is 16.5. The average molecular weight is 514 g/mol. The third-order valence-corrected chi connectivity index (χ3v) is 5.83. The zero-order valence-corrected chi connectivity index (χ0v) is 22.4. The number of amides is 1. The number of likely N-dealkylation sites (N-methyl/N-ethyl adjacent to an activating group) is 1. The molecule has 0 radical (unpaired) electrons. The molecule has 0 aliphatic heterocycles. The molecule has 0 fully saturated rings. The summed E-state index contributed by atoms with van der Waals surface area (Å²) in [6.45, 7) is 8.55. The second-order valence-electron chi connectivity index (χ2n) is 9.90. The van der Waals surface area contributed by atoms with Gasteiger partial charge in [0, 0.05) is 19.5 Å². The SMILES string of the molecule is CN(CCOCCOCCOCCC(=O)OC(C)(C)C)C(=O)OCC1c2ccccc2-c2ccccc21. The molecule has 1 aliphatic rings. The molecule has 0 unspecified atom stereocenters.